The van der Waals surface area contributed by atoms with Crippen LogP contribution in [0.15, 0.2) is 33.9 Å². The van der Waals surface area contributed by atoms with E-state index in [1.165, 1.54) is 15.6 Å². The maximum absolute atomic E-state index is 13.5. The van der Waals surface area contributed by atoms with Crippen LogP contribution in [0.5, 0.6) is 0 Å². The molecule has 2 aliphatic heterocycles. The lowest BCUT2D eigenvalue weighted by Crippen LogP contribution is -2.43. The fourth-order valence-corrected chi connectivity index (χ4v) is 5.12. The monoisotopic (exact) mass is 436 g/mol. The van der Waals surface area contributed by atoms with Gasteiger partial charge in [-0.3, -0.25) is 18.7 Å². The van der Waals surface area contributed by atoms with Gasteiger partial charge < -0.3 is 9.47 Å². The number of nitrogens with zero attached hydrogens (tertiary/aromatic N) is 6. The van der Waals surface area contributed by atoms with Gasteiger partial charge in [-0.2, -0.15) is 0 Å². The molecular formula is C23H28N6O3. The van der Waals surface area contributed by atoms with Crippen molar-refractivity contribution in [3.05, 3.63) is 56.8 Å². The van der Waals surface area contributed by atoms with Crippen LogP contribution in [-0.4, -0.2) is 41.3 Å². The number of para-hydroxylation sites is 1. The standard InChI is InChI=1S/C23H28N6O3/c1-2-26-22(31)16-9-5-6-10-17(16)29(23(26)32)15-20(30)27-14-8-11-18(27)21-25-24-19-12-4-3-7-13-28(19)21/h5-6,9-10,18H,2-4,7-8,11-15H2,1H3. The first-order valence-corrected chi connectivity index (χ1v) is 11.5. The van der Waals surface area contributed by atoms with Crippen LogP contribution < -0.4 is 11.2 Å². The highest BCUT2D eigenvalue weighted by Crippen LogP contribution is 2.32. The number of aromatic nitrogens is 5. The fraction of sp³-hybridized carbons (Fsp3) is 0.522. The molecule has 4 heterocycles. The molecule has 1 aromatic carbocycles. The Kier molecular flexibility index (Phi) is 5.40. The van der Waals surface area contributed by atoms with E-state index in [-0.39, 0.29) is 30.6 Å². The van der Waals surface area contributed by atoms with Gasteiger partial charge in [0, 0.05) is 26.1 Å². The molecule has 0 bridgehead atoms. The number of benzene rings is 1. The van der Waals surface area contributed by atoms with E-state index in [2.05, 4.69) is 14.8 Å². The van der Waals surface area contributed by atoms with E-state index < -0.39 is 5.69 Å². The molecule has 1 atom stereocenters. The minimum Gasteiger partial charge on any atom is -0.331 e. The zero-order valence-corrected chi connectivity index (χ0v) is 18.4. The number of carbonyl (C=O) groups is 1. The van der Waals surface area contributed by atoms with Crippen molar-refractivity contribution < 1.29 is 4.79 Å². The molecule has 0 aliphatic carbocycles. The van der Waals surface area contributed by atoms with E-state index in [9.17, 15) is 14.4 Å². The lowest BCUT2D eigenvalue weighted by atomic mass is 10.2. The molecule has 0 N–H and O–H groups in total. The van der Waals surface area contributed by atoms with E-state index in [0.29, 0.717) is 17.4 Å². The molecule has 0 spiro atoms. The van der Waals surface area contributed by atoms with Crippen molar-refractivity contribution in [3.63, 3.8) is 0 Å². The second kappa shape index (κ2) is 8.37. The Bertz CT molecular complexity index is 1290. The SMILES string of the molecule is CCn1c(=O)c2ccccc2n(CC(=O)N2CCCC2c2nnc3n2CCCCC3)c1=O. The van der Waals surface area contributed by atoms with Gasteiger partial charge in [-0.15, -0.1) is 10.2 Å². The van der Waals surface area contributed by atoms with Crippen LogP contribution in [0.1, 0.15) is 56.7 Å². The van der Waals surface area contributed by atoms with Crippen LogP contribution >= 0.6 is 0 Å². The van der Waals surface area contributed by atoms with Gasteiger partial charge in [-0.1, -0.05) is 18.6 Å². The summed E-state index contributed by atoms with van der Waals surface area (Å²) in [4.78, 5) is 41.0. The summed E-state index contributed by atoms with van der Waals surface area (Å²) in [6, 6.07) is 6.86. The minimum absolute atomic E-state index is 0.100. The second-order valence-electron chi connectivity index (χ2n) is 8.62. The van der Waals surface area contributed by atoms with Crippen molar-refractivity contribution in [3.8, 4) is 0 Å². The number of rotatable bonds is 4. The van der Waals surface area contributed by atoms with Gasteiger partial charge in [0.25, 0.3) is 5.56 Å². The van der Waals surface area contributed by atoms with Crippen molar-refractivity contribution in [1.29, 1.82) is 0 Å². The molecule has 168 valence electrons. The third-order valence-corrected chi connectivity index (χ3v) is 6.75. The maximum Gasteiger partial charge on any atom is 0.331 e. The first-order valence-electron chi connectivity index (χ1n) is 11.5. The van der Waals surface area contributed by atoms with Crippen LogP contribution in [0.2, 0.25) is 0 Å². The Labute approximate surface area is 185 Å². The molecule has 3 aromatic rings. The summed E-state index contributed by atoms with van der Waals surface area (Å²) in [6.45, 7) is 3.44. The summed E-state index contributed by atoms with van der Waals surface area (Å²) in [5, 5.41) is 9.33. The summed E-state index contributed by atoms with van der Waals surface area (Å²) < 4.78 is 4.82. The van der Waals surface area contributed by atoms with Crippen molar-refractivity contribution in [2.75, 3.05) is 6.54 Å². The van der Waals surface area contributed by atoms with Gasteiger partial charge in [-0.25, -0.2) is 4.79 Å². The molecule has 1 amide bonds. The van der Waals surface area contributed by atoms with E-state index in [1.807, 2.05) is 4.90 Å². The van der Waals surface area contributed by atoms with Crippen molar-refractivity contribution in [2.45, 2.75) is 71.1 Å². The Balaban J connectivity index is 1.50. The number of aryl methyl sites for hydroxylation is 1. The van der Waals surface area contributed by atoms with Crippen molar-refractivity contribution >= 4 is 16.8 Å². The zero-order chi connectivity index (χ0) is 22.2. The molecular weight excluding hydrogens is 408 g/mol. The van der Waals surface area contributed by atoms with E-state index >= 15 is 0 Å². The quantitative estimate of drug-likeness (QED) is 0.622. The van der Waals surface area contributed by atoms with Crippen molar-refractivity contribution in [2.24, 2.45) is 0 Å². The number of likely N-dealkylation sites (tertiary alicyclic amines) is 1. The second-order valence-corrected chi connectivity index (χ2v) is 8.62. The highest BCUT2D eigenvalue weighted by molar-refractivity contribution is 5.82. The number of hydrogen-bond acceptors (Lipinski definition) is 5. The highest BCUT2D eigenvalue weighted by atomic mass is 16.2. The van der Waals surface area contributed by atoms with Crippen LogP contribution in [0.3, 0.4) is 0 Å². The first kappa shape index (κ1) is 20.7. The molecule has 1 fully saturated rings. The molecule has 32 heavy (non-hydrogen) atoms. The summed E-state index contributed by atoms with van der Waals surface area (Å²) in [5.41, 5.74) is -0.272. The molecule has 0 saturated carbocycles. The number of amides is 1. The zero-order valence-electron chi connectivity index (χ0n) is 18.4. The Morgan fingerprint density at radius 2 is 1.88 bits per heavy atom. The van der Waals surface area contributed by atoms with E-state index in [0.717, 1.165) is 50.3 Å². The number of fused-ring (bicyclic) bond motifs is 2. The maximum atomic E-state index is 13.5. The Morgan fingerprint density at radius 3 is 2.72 bits per heavy atom. The summed E-state index contributed by atoms with van der Waals surface area (Å²) >= 11 is 0. The molecule has 2 aromatic heterocycles. The van der Waals surface area contributed by atoms with E-state index in [1.54, 1.807) is 31.2 Å². The van der Waals surface area contributed by atoms with Gasteiger partial charge in [0.15, 0.2) is 5.82 Å². The third kappa shape index (κ3) is 3.36. The topological polar surface area (TPSA) is 95.0 Å². The van der Waals surface area contributed by atoms with Crippen LogP contribution in [-0.2, 0) is 30.8 Å². The molecule has 1 unspecified atom stereocenters. The smallest absolute Gasteiger partial charge is 0.331 e. The predicted molar refractivity (Wildman–Crippen MR) is 119 cm³/mol. The minimum atomic E-state index is -0.448. The van der Waals surface area contributed by atoms with Gasteiger partial charge in [0.05, 0.1) is 16.9 Å². The lowest BCUT2D eigenvalue weighted by Gasteiger charge is -2.25. The van der Waals surface area contributed by atoms with Gasteiger partial charge in [-0.05, 0) is 44.7 Å². The van der Waals surface area contributed by atoms with Gasteiger partial charge in [0.2, 0.25) is 5.91 Å². The lowest BCUT2D eigenvalue weighted by molar-refractivity contribution is -0.133. The van der Waals surface area contributed by atoms with Crippen LogP contribution in [0.25, 0.3) is 10.9 Å². The molecule has 0 radical (unpaired) electrons. The van der Waals surface area contributed by atoms with Gasteiger partial charge in [0.1, 0.15) is 12.4 Å². The normalized spacial score (nSPS) is 18.7. The summed E-state index contributed by atoms with van der Waals surface area (Å²) in [6.07, 6.45) is 6.05. The Morgan fingerprint density at radius 1 is 1.03 bits per heavy atom. The fourth-order valence-electron chi connectivity index (χ4n) is 5.12. The van der Waals surface area contributed by atoms with Crippen LogP contribution in [0, 0.1) is 0 Å². The number of carbonyl (C=O) groups excluding carboxylic acids is 1. The number of hydrogen-bond donors (Lipinski definition) is 0. The Hall–Kier alpha value is -3.23. The summed E-state index contributed by atoms with van der Waals surface area (Å²) in [5.74, 6) is 1.74. The average Bonchev–Trinajstić information content (AvgIpc) is 3.37. The largest absolute Gasteiger partial charge is 0.331 e. The predicted octanol–water partition coefficient (Wildman–Crippen LogP) is 1.86. The molecule has 5 rings (SSSR count). The molecule has 1 saturated heterocycles. The average molecular weight is 437 g/mol. The third-order valence-electron chi connectivity index (χ3n) is 6.75. The van der Waals surface area contributed by atoms with Gasteiger partial charge >= 0.3 is 5.69 Å². The highest BCUT2D eigenvalue weighted by Gasteiger charge is 2.34. The molecule has 9 nitrogen and oxygen atoms in total. The molecule has 2 aliphatic rings. The van der Waals surface area contributed by atoms with E-state index in [4.69, 9.17) is 0 Å². The van der Waals surface area contributed by atoms with Crippen molar-refractivity contribution in [1.82, 2.24) is 28.8 Å². The first-order chi connectivity index (χ1) is 15.6. The summed E-state index contributed by atoms with van der Waals surface area (Å²) in [7, 11) is 0. The van der Waals surface area contributed by atoms with Crippen LogP contribution in [0.4, 0.5) is 0 Å². The molecule has 9 heteroatoms.